The Hall–Kier alpha value is -0.960. The van der Waals surface area contributed by atoms with Crippen molar-refractivity contribution in [3.05, 3.63) is 35.4 Å². The van der Waals surface area contributed by atoms with Crippen LogP contribution in [0.3, 0.4) is 0 Å². The number of hydrogen-bond acceptors (Lipinski definition) is 1. The number of aryl methyl sites for hydroxylation is 1. The molecule has 1 atom stereocenters. The number of benzene rings is 1. The molecular formula is C13H19F2N. The topological polar surface area (TPSA) is 12.0 Å². The van der Waals surface area contributed by atoms with E-state index in [0.29, 0.717) is 13.0 Å². The first-order chi connectivity index (χ1) is 7.65. The molecule has 1 aromatic carbocycles. The molecule has 0 fully saturated rings. The van der Waals surface area contributed by atoms with Crippen LogP contribution in [0.25, 0.3) is 0 Å². The van der Waals surface area contributed by atoms with E-state index in [0.717, 1.165) is 17.5 Å². The van der Waals surface area contributed by atoms with Crippen LogP contribution < -0.4 is 5.32 Å². The molecule has 0 aliphatic heterocycles. The van der Waals surface area contributed by atoms with Gasteiger partial charge in [-0.2, -0.15) is 0 Å². The molecule has 1 N–H and O–H groups in total. The maximum Gasteiger partial charge on any atom is 0.254 e. The van der Waals surface area contributed by atoms with Gasteiger partial charge in [0, 0.05) is 0 Å². The average Bonchev–Trinajstić information content (AvgIpc) is 2.26. The van der Waals surface area contributed by atoms with Gasteiger partial charge in [0.1, 0.15) is 0 Å². The summed E-state index contributed by atoms with van der Waals surface area (Å²) >= 11 is 0. The maximum absolute atomic E-state index is 12.8. The summed E-state index contributed by atoms with van der Waals surface area (Å²) in [6.45, 7) is 4.57. The molecule has 0 aliphatic rings. The summed E-state index contributed by atoms with van der Waals surface area (Å²) in [5, 5.41) is 2.89. The zero-order valence-corrected chi connectivity index (χ0v) is 9.84. The zero-order valence-electron chi connectivity index (χ0n) is 9.84. The molecular weight excluding hydrogens is 208 g/mol. The van der Waals surface area contributed by atoms with Crippen LogP contribution in [0.1, 0.15) is 24.5 Å². The van der Waals surface area contributed by atoms with Crippen molar-refractivity contribution >= 4 is 0 Å². The van der Waals surface area contributed by atoms with Crippen molar-refractivity contribution in [3.63, 3.8) is 0 Å². The van der Waals surface area contributed by atoms with Crippen molar-refractivity contribution < 1.29 is 8.78 Å². The van der Waals surface area contributed by atoms with Gasteiger partial charge in [-0.3, -0.25) is 0 Å². The van der Waals surface area contributed by atoms with E-state index in [1.807, 2.05) is 38.1 Å². The molecule has 0 aromatic heterocycles. The molecule has 0 radical (unpaired) electrons. The normalized spacial score (nSPS) is 13.1. The summed E-state index contributed by atoms with van der Waals surface area (Å²) in [4.78, 5) is 0. The van der Waals surface area contributed by atoms with Crippen LogP contribution in [-0.2, 0) is 6.42 Å². The highest BCUT2D eigenvalue weighted by molar-refractivity contribution is 5.26. The number of rotatable bonds is 6. The van der Waals surface area contributed by atoms with Crippen LogP contribution >= 0.6 is 0 Å². The second-order valence-corrected chi connectivity index (χ2v) is 4.03. The van der Waals surface area contributed by atoms with Crippen molar-refractivity contribution in [2.24, 2.45) is 0 Å². The Morgan fingerprint density at radius 2 is 1.94 bits per heavy atom. The first kappa shape index (κ1) is 13.1. The number of nitrogens with one attached hydrogen (secondary N) is 1. The van der Waals surface area contributed by atoms with E-state index < -0.39 is 12.5 Å². The van der Waals surface area contributed by atoms with Gasteiger partial charge in [0.05, 0.1) is 6.04 Å². The fraction of sp³-hybridized carbons (Fsp3) is 0.538. The molecule has 0 heterocycles. The Morgan fingerprint density at radius 3 is 2.50 bits per heavy atom. The highest BCUT2D eigenvalue weighted by Crippen LogP contribution is 2.13. The van der Waals surface area contributed by atoms with Gasteiger partial charge in [-0.25, -0.2) is 8.78 Å². The molecule has 0 amide bonds. The summed E-state index contributed by atoms with van der Waals surface area (Å²) < 4.78 is 25.6. The molecule has 0 spiro atoms. The van der Waals surface area contributed by atoms with Gasteiger partial charge in [-0.1, -0.05) is 31.2 Å². The van der Waals surface area contributed by atoms with Crippen molar-refractivity contribution in [3.8, 4) is 0 Å². The van der Waals surface area contributed by atoms with Gasteiger partial charge in [-0.05, 0) is 37.4 Å². The van der Waals surface area contributed by atoms with Crippen molar-refractivity contribution in [2.75, 3.05) is 6.54 Å². The number of halogens is 2. The highest BCUT2D eigenvalue weighted by Gasteiger charge is 2.20. The molecule has 0 saturated heterocycles. The first-order valence-corrected chi connectivity index (χ1v) is 5.71. The lowest BCUT2D eigenvalue weighted by atomic mass is 10.0. The predicted molar refractivity (Wildman–Crippen MR) is 63.0 cm³/mol. The fourth-order valence-electron chi connectivity index (χ4n) is 1.66. The zero-order chi connectivity index (χ0) is 12.0. The van der Waals surface area contributed by atoms with Crippen LogP contribution in [0.2, 0.25) is 0 Å². The Labute approximate surface area is 95.9 Å². The van der Waals surface area contributed by atoms with Crippen LogP contribution in [0.15, 0.2) is 24.3 Å². The molecule has 16 heavy (non-hydrogen) atoms. The Morgan fingerprint density at radius 1 is 1.25 bits per heavy atom. The van der Waals surface area contributed by atoms with Crippen LogP contribution in [0.5, 0.6) is 0 Å². The maximum atomic E-state index is 12.8. The van der Waals surface area contributed by atoms with Crippen LogP contribution in [-0.4, -0.2) is 19.0 Å². The van der Waals surface area contributed by atoms with E-state index in [1.165, 1.54) is 0 Å². The van der Waals surface area contributed by atoms with Crippen molar-refractivity contribution in [1.82, 2.24) is 5.32 Å². The van der Waals surface area contributed by atoms with Crippen molar-refractivity contribution in [1.29, 1.82) is 0 Å². The molecule has 0 aliphatic carbocycles. The van der Waals surface area contributed by atoms with Gasteiger partial charge in [-0.15, -0.1) is 0 Å². The molecule has 1 rings (SSSR count). The summed E-state index contributed by atoms with van der Waals surface area (Å²) in [6, 6.07) is 6.96. The van der Waals surface area contributed by atoms with Gasteiger partial charge >= 0.3 is 0 Å². The third-order valence-corrected chi connectivity index (χ3v) is 2.66. The minimum atomic E-state index is -2.31. The lowest BCUT2D eigenvalue weighted by molar-refractivity contribution is 0.0982. The first-order valence-electron chi connectivity index (χ1n) is 5.71. The van der Waals surface area contributed by atoms with Crippen molar-refractivity contribution in [2.45, 2.75) is 39.2 Å². The Bertz CT molecular complexity index is 313. The summed E-state index contributed by atoms with van der Waals surface area (Å²) in [5.41, 5.74) is 2.07. The summed E-state index contributed by atoms with van der Waals surface area (Å²) in [6.07, 6.45) is -1.05. The lowest BCUT2D eigenvalue weighted by Gasteiger charge is -2.18. The van der Waals surface area contributed by atoms with Crippen LogP contribution in [0.4, 0.5) is 8.78 Å². The molecule has 90 valence electrons. The number of alkyl halides is 2. The number of hydrogen-bond donors (Lipinski definition) is 1. The predicted octanol–water partition coefficient (Wildman–Crippen LogP) is 3.17. The molecule has 1 aromatic rings. The van der Waals surface area contributed by atoms with E-state index in [4.69, 9.17) is 0 Å². The quantitative estimate of drug-likeness (QED) is 0.787. The van der Waals surface area contributed by atoms with Gasteiger partial charge in [0.15, 0.2) is 0 Å². The largest absolute Gasteiger partial charge is 0.309 e. The van der Waals surface area contributed by atoms with Gasteiger partial charge in [0.2, 0.25) is 0 Å². The summed E-state index contributed by atoms with van der Waals surface area (Å²) in [5.74, 6) is 0. The molecule has 1 nitrogen and oxygen atoms in total. The second-order valence-electron chi connectivity index (χ2n) is 4.03. The average molecular weight is 227 g/mol. The van der Waals surface area contributed by atoms with Crippen LogP contribution in [0, 0.1) is 6.92 Å². The van der Waals surface area contributed by atoms with Gasteiger partial charge in [0.25, 0.3) is 6.43 Å². The molecule has 3 heteroatoms. The standard InChI is InChI=1S/C13H19F2N/c1-3-8-16-12(13(14)15)9-11-7-5-4-6-10(11)2/h4-7,12-13,16H,3,8-9H2,1-2H3. The van der Waals surface area contributed by atoms with E-state index in [2.05, 4.69) is 5.32 Å². The molecule has 1 unspecified atom stereocenters. The fourth-order valence-corrected chi connectivity index (χ4v) is 1.66. The van der Waals surface area contributed by atoms with E-state index in [1.54, 1.807) is 0 Å². The molecule has 0 saturated carbocycles. The minimum Gasteiger partial charge on any atom is -0.309 e. The summed E-state index contributed by atoms with van der Waals surface area (Å²) in [7, 11) is 0. The third-order valence-electron chi connectivity index (χ3n) is 2.66. The monoisotopic (exact) mass is 227 g/mol. The van der Waals surface area contributed by atoms with E-state index >= 15 is 0 Å². The van der Waals surface area contributed by atoms with E-state index in [9.17, 15) is 8.78 Å². The minimum absolute atomic E-state index is 0.393. The Balaban J connectivity index is 2.64. The Kier molecular flexibility index (Phi) is 5.39. The van der Waals surface area contributed by atoms with E-state index in [-0.39, 0.29) is 0 Å². The lowest BCUT2D eigenvalue weighted by Crippen LogP contribution is -2.38. The molecule has 0 bridgehead atoms. The second kappa shape index (κ2) is 6.59. The SMILES string of the molecule is CCCNC(Cc1ccccc1C)C(F)F. The third kappa shape index (κ3) is 3.89. The van der Waals surface area contributed by atoms with Gasteiger partial charge < -0.3 is 5.32 Å². The smallest absolute Gasteiger partial charge is 0.254 e. The highest BCUT2D eigenvalue weighted by atomic mass is 19.3.